The van der Waals surface area contributed by atoms with Gasteiger partial charge in [-0.2, -0.15) is 13.1 Å². The number of hydrogen-bond acceptors (Lipinski definition) is 5. The van der Waals surface area contributed by atoms with Crippen molar-refractivity contribution < 1.29 is 27.9 Å². The molecule has 0 aliphatic rings. The fraction of sp³-hybridized carbons (Fsp3) is 0.333. The predicted molar refractivity (Wildman–Crippen MR) is 73.7 cm³/mol. The molecule has 0 saturated heterocycles. The van der Waals surface area contributed by atoms with Gasteiger partial charge in [-0.3, -0.25) is 4.79 Å². The van der Waals surface area contributed by atoms with Gasteiger partial charge in [0, 0.05) is 6.54 Å². The molecule has 3 N–H and O–H groups in total. The van der Waals surface area contributed by atoms with E-state index in [2.05, 4.69) is 9.46 Å². The molecular formula is C12H16N2O6S. The number of carboxylic acids is 1. The molecule has 9 heteroatoms. The molecule has 0 aromatic heterocycles. The minimum Gasteiger partial charge on any atom is -0.481 e. The first kappa shape index (κ1) is 16.9. The number of rotatable bonds is 7. The number of carbonyl (C=O) groups is 2. The van der Waals surface area contributed by atoms with E-state index >= 15 is 0 Å². The standard InChI is InChI=1S/C12H16N2O6S/c1-2-20-12(17)14-21(18,19)13-8-10-6-4-3-5-9(10)7-11(15)16/h3-6,13H,2,7-8H2,1H3,(H,14,17)(H,15,16). The summed E-state index contributed by atoms with van der Waals surface area (Å²) in [5, 5.41) is 8.79. The highest BCUT2D eigenvalue weighted by molar-refractivity contribution is 7.88. The number of hydrogen-bond donors (Lipinski definition) is 3. The van der Waals surface area contributed by atoms with Crippen molar-refractivity contribution in [3.05, 3.63) is 35.4 Å². The Labute approximate surface area is 122 Å². The van der Waals surface area contributed by atoms with Crippen LogP contribution < -0.4 is 9.44 Å². The molecule has 0 fully saturated rings. The lowest BCUT2D eigenvalue weighted by Crippen LogP contribution is -2.40. The summed E-state index contributed by atoms with van der Waals surface area (Å²) in [6.45, 7) is 1.45. The summed E-state index contributed by atoms with van der Waals surface area (Å²) >= 11 is 0. The molecule has 0 aliphatic heterocycles. The molecular weight excluding hydrogens is 300 g/mol. The van der Waals surface area contributed by atoms with Crippen molar-refractivity contribution in [3.63, 3.8) is 0 Å². The van der Waals surface area contributed by atoms with Crippen LogP contribution in [0.25, 0.3) is 0 Å². The molecule has 0 aliphatic carbocycles. The van der Waals surface area contributed by atoms with Gasteiger partial charge in [-0.15, -0.1) is 0 Å². The van der Waals surface area contributed by atoms with Crippen LogP contribution in [0.4, 0.5) is 4.79 Å². The molecule has 0 spiro atoms. The molecule has 1 rings (SSSR count). The van der Waals surface area contributed by atoms with Gasteiger partial charge < -0.3 is 9.84 Å². The van der Waals surface area contributed by atoms with Crippen LogP contribution in [0.1, 0.15) is 18.1 Å². The number of benzene rings is 1. The third-order valence-corrected chi connectivity index (χ3v) is 3.37. The lowest BCUT2D eigenvalue weighted by atomic mass is 10.1. The minimum absolute atomic E-state index is 0.0444. The van der Waals surface area contributed by atoms with E-state index in [0.29, 0.717) is 11.1 Å². The van der Waals surface area contributed by atoms with Crippen molar-refractivity contribution in [1.29, 1.82) is 0 Å². The van der Waals surface area contributed by atoms with Crippen molar-refractivity contribution in [2.24, 2.45) is 0 Å². The van der Waals surface area contributed by atoms with E-state index in [4.69, 9.17) is 5.11 Å². The largest absolute Gasteiger partial charge is 0.481 e. The quantitative estimate of drug-likeness (QED) is 0.669. The average molecular weight is 316 g/mol. The van der Waals surface area contributed by atoms with E-state index in [0.717, 1.165) is 0 Å². The molecule has 116 valence electrons. The van der Waals surface area contributed by atoms with Crippen LogP contribution in [0, 0.1) is 0 Å². The molecule has 0 radical (unpaired) electrons. The number of nitrogens with one attached hydrogen (secondary N) is 2. The van der Waals surface area contributed by atoms with Crippen molar-refractivity contribution in [2.75, 3.05) is 6.61 Å². The second-order valence-electron chi connectivity index (χ2n) is 3.99. The molecule has 8 nitrogen and oxygen atoms in total. The van der Waals surface area contributed by atoms with Crippen LogP contribution >= 0.6 is 0 Å². The number of carboxylic acid groups (broad SMARTS) is 1. The van der Waals surface area contributed by atoms with Crippen molar-refractivity contribution >= 4 is 22.3 Å². The Morgan fingerprint density at radius 2 is 1.86 bits per heavy atom. The zero-order valence-corrected chi connectivity index (χ0v) is 12.1. The maximum absolute atomic E-state index is 11.6. The van der Waals surface area contributed by atoms with Crippen LogP contribution in [-0.2, 0) is 32.7 Å². The Bertz CT molecular complexity index is 614. The zero-order chi connectivity index (χ0) is 15.9. The monoisotopic (exact) mass is 316 g/mol. The molecule has 0 bridgehead atoms. The van der Waals surface area contributed by atoms with Crippen LogP contribution in [0.5, 0.6) is 0 Å². The summed E-state index contributed by atoms with van der Waals surface area (Å²) in [5.41, 5.74) is 0.998. The smallest absolute Gasteiger partial charge is 0.421 e. The van der Waals surface area contributed by atoms with Gasteiger partial charge in [0.05, 0.1) is 13.0 Å². The van der Waals surface area contributed by atoms with Crippen LogP contribution in [0.2, 0.25) is 0 Å². The molecule has 0 heterocycles. The highest BCUT2D eigenvalue weighted by Gasteiger charge is 2.15. The fourth-order valence-electron chi connectivity index (χ4n) is 1.54. The fourth-order valence-corrected chi connectivity index (χ4v) is 2.24. The van der Waals surface area contributed by atoms with Crippen molar-refractivity contribution in [2.45, 2.75) is 19.9 Å². The molecule has 0 atom stereocenters. The first-order chi connectivity index (χ1) is 9.84. The Balaban J connectivity index is 2.70. The van der Waals surface area contributed by atoms with E-state index in [1.165, 1.54) is 0 Å². The highest BCUT2D eigenvalue weighted by Crippen LogP contribution is 2.09. The zero-order valence-electron chi connectivity index (χ0n) is 11.3. The van der Waals surface area contributed by atoms with Gasteiger partial charge in [0.2, 0.25) is 0 Å². The Kier molecular flexibility index (Phi) is 6.12. The number of ether oxygens (including phenoxy) is 1. The van der Waals surface area contributed by atoms with E-state index < -0.39 is 22.3 Å². The van der Waals surface area contributed by atoms with E-state index in [9.17, 15) is 18.0 Å². The molecule has 0 saturated carbocycles. The summed E-state index contributed by atoms with van der Waals surface area (Å²) in [7, 11) is -4.07. The Hall–Kier alpha value is -2.13. The molecule has 21 heavy (non-hydrogen) atoms. The van der Waals surface area contributed by atoms with Gasteiger partial charge in [-0.05, 0) is 18.1 Å². The topological polar surface area (TPSA) is 122 Å². The molecule has 1 amide bonds. The normalized spacial score (nSPS) is 10.9. The minimum atomic E-state index is -4.07. The van der Waals surface area contributed by atoms with Crippen LogP contribution in [0.15, 0.2) is 24.3 Å². The number of aliphatic carboxylic acids is 1. The lowest BCUT2D eigenvalue weighted by molar-refractivity contribution is -0.136. The molecule has 1 aromatic carbocycles. The van der Waals surface area contributed by atoms with Crippen molar-refractivity contribution in [3.8, 4) is 0 Å². The summed E-state index contributed by atoms with van der Waals surface area (Å²) in [6, 6.07) is 6.52. The van der Waals surface area contributed by atoms with Crippen LogP contribution in [-0.4, -0.2) is 32.2 Å². The van der Waals surface area contributed by atoms with Gasteiger partial charge in [0.1, 0.15) is 0 Å². The third-order valence-electron chi connectivity index (χ3n) is 2.41. The third kappa shape index (κ3) is 6.23. The molecule has 0 unspecified atom stereocenters. The predicted octanol–water partition coefficient (Wildman–Crippen LogP) is 0.394. The van der Waals surface area contributed by atoms with Gasteiger partial charge >= 0.3 is 22.3 Å². The Morgan fingerprint density at radius 3 is 2.43 bits per heavy atom. The number of amides is 1. The lowest BCUT2D eigenvalue weighted by Gasteiger charge is -2.10. The molecule has 1 aromatic rings. The number of carbonyl (C=O) groups excluding carboxylic acids is 1. The van der Waals surface area contributed by atoms with Crippen molar-refractivity contribution in [1.82, 2.24) is 9.44 Å². The summed E-state index contributed by atoms with van der Waals surface area (Å²) in [5.74, 6) is -1.02. The maximum atomic E-state index is 11.6. The van der Waals surface area contributed by atoms with E-state index in [-0.39, 0.29) is 19.6 Å². The van der Waals surface area contributed by atoms with E-state index in [1.54, 1.807) is 35.9 Å². The van der Waals surface area contributed by atoms with Gasteiger partial charge in [0.15, 0.2) is 0 Å². The second kappa shape index (κ2) is 7.60. The average Bonchev–Trinajstić information content (AvgIpc) is 2.36. The summed E-state index contributed by atoms with van der Waals surface area (Å²) in [4.78, 5) is 21.8. The maximum Gasteiger partial charge on any atom is 0.421 e. The highest BCUT2D eigenvalue weighted by atomic mass is 32.2. The van der Waals surface area contributed by atoms with Gasteiger partial charge in [-0.1, -0.05) is 24.3 Å². The van der Waals surface area contributed by atoms with Gasteiger partial charge in [-0.25, -0.2) is 9.52 Å². The summed E-state index contributed by atoms with van der Waals surface area (Å²) < 4.78 is 31.4. The second-order valence-corrected chi connectivity index (χ2v) is 5.49. The van der Waals surface area contributed by atoms with Gasteiger partial charge in [0.25, 0.3) is 0 Å². The first-order valence-electron chi connectivity index (χ1n) is 6.06. The van der Waals surface area contributed by atoms with E-state index in [1.807, 2.05) is 0 Å². The summed E-state index contributed by atoms with van der Waals surface area (Å²) in [6.07, 6.45) is -1.30. The Morgan fingerprint density at radius 1 is 1.24 bits per heavy atom. The van der Waals surface area contributed by atoms with Crippen LogP contribution in [0.3, 0.4) is 0 Å². The SMILES string of the molecule is CCOC(=O)NS(=O)(=O)NCc1ccccc1CC(=O)O. The first-order valence-corrected chi connectivity index (χ1v) is 7.55.